The third-order valence-corrected chi connectivity index (χ3v) is 2.72. The standard InChI is InChI=1S/C16H19NO.ClH/c1-17-12-13-18-16(14-8-4-2-5-9-14)15-10-6-3-7-11-15;/h2-11,16-17H,12-13H2,1H3;1H/i1D3;. The number of hydrogen-bond acceptors (Lipinski definition) is 2. The van der Waals surface area contributed by atoms with Crippen LogP contribution >= 0.6 is 12.4 Å². The van der Waals surface area contributed by atoms with Gasteiger partial charge in [0, 0.05) is 10.7 Å². The zero-order chi connectivity index (χ0) is 15.1. The SMILES string of the molecule is Cl.[2H]C([2H])([2H])NCCOC(c1ccccc1)c1ccccc1. The van der Waals surface area contributed by atoms with E-state index in [9.17, 15) is 0 Å². The predicted octanol–water partition coefficient (Wildman–Crippen LogP) is 3.43. The molecular formula is C16H20ClNO. The van der Waals surface area contributed by atoms with Gasteiger partial charge in [0.05, 0.1) is 6.61 Å². The summed E-state index contributed by atoms with van der Waals surface area (Å²) in [6, 6.07) is 19.8. The Kier molecular flexibility index (Phi) is 5.25. The van der Waals surface area contributed by atoms with Crippen molar-refractivity contribution in [3.8, 4) is 0 Å². The van der Waals surface area contributed by atoms with Crippen LogP contribution in [0.25, 0.3) is 0 Å². The van der Waals surface area contributed by atoms with Crippen LogP contribution in [0.2, 0.25) is 0 Å². The molecule has 0 aliphatic carbocycles. The van der Waals surface area contributed by atoms with Gasteiger partial charge in [-0.05, 0) is 18.1 Å². The summed E-state index contributed by atoms with van der Waals surface area (Å²) >= 11 is 0. The van der Waals surface area contributed by atoms with E-state index in [-0.39, 0.29) is 25.1 Å². The molecule has 0 unspecified atom stereocenters. The van der Waals surface area contributed by atoms with Crippen LogP contribution < -0.4 is 5.32 Å². The van der Waals surface area contributed by atoms with Crippen molar-refractivity contribution in [1.82, 2.24) is 5.32 Å². The number of nitrogens with one attached hydrogen (secondary N) is 1. The molecule has 3 heteroatoms. The van der Waals surface area contributed by atoms with Gasteiger partial charge < -0.3 is 10.1 Å². The van der Waals surface area contributed by atoms with Crippen LogP contribution in [0, 0.1) is 0 Å². The molecule has 0 aliphatic heterocycles. The average Bonchev–Trinajstić information content (AvgIpc) is 2.48. The van der Waals surface area contributed by atoms with Gasteiger partial charge in [0.1, 0.15) is 6.10 Å². The van der Waals surface area contributed by atoms with E-state index in [1.165, 1.54) is 0 Å². The number of benzene rings is 2. The molecule has 19 heavy (non-hydrogen) atoms. The van der Waals surface area contributed by atoms with Gasteiger partial charge in [0.15, 0.2) is 0 Å². The van der Waals surface area contributed by atoms with Crippen LogP contribution in [0.15, 0.2) is 60.7 Å². The van der Waals surface area contributed by atoms with E-state index in [4.69, 9.17) is 8.85 Å². The first-order chi connectivity index (χ1) is 10.1. The molecule has 0 spiro atoms. The number of rotatable bonds is 6. The highest BCUT2D eigenvalue weighted by Gasteiger charge is 2.13. The summed E-state index contributed by atoms with van der Waals surface area (Å²) in [5.74, 6) is 0. The molecule has 1 N–H and O–H groups in total. The summed E-state index contributed by atoms with van der Waals surface area (Å²) < 4.78 is 27.2. The molecule has 0 bridgehead atoms. The minimum Gasteiger partial charge on any atom is -0.367 e. The lowest BCUT2D eigenvalue weighted by molar-refractivity contribution is 0.0831. The Morgan fingerprint density at radius 3 is 2.00 bits per heavy atom. The van der Waals surface area contributed by atoms with E-state index in [1.807, 2.05) is 60.7 Å². The summed E-state index contributed by atoms with van der Waals surface area (Å²) in [5, 5.41) is 2.46. The van der Waals surface area contributed by atoms with Crippen molar-refractivity contribution >= 4 is 12.4 Å². The maximum absolute atomic E-state index is 7.11. The highest BCUT2D eigenvalue weighted by molar-refractivity contribution is 5.85. The third kappa shape index (κ3) is 4.67. The lowest BCUT2D eigenvalue weighted by Gasteiger charge is -2.18. The van der Waals surface area contributed by atoms with Crippen LogP contribution in [0.4, 0.5) is 0 Å². The van der Waals surface area contributed by atoms with Gasteiger partial charge >= 0.3 is 0 Å². The van der Waals surface area contributed by atoms with Gasteiger partial charge in [0.25, 0.3) is 0 Å². The second kappa shape index (κ2) is 8.70. The zero-order valence-electron chi connectivity index (χ0n) is 13.6. The molecule has 0 aromatic heterocycles. The number of ether oxygens (including phenoxy) is 1. The van der Waals surface area contributed by atoms with E-state index in [2.05, 4.69) is 5.32 Å². The van der Waals surface area contributed by atoms with Crippen LogP contribution in [-0.2, 0) is 4.74 Å². The first-order valence-corrected chi connectivity index (χ1v) is 6.03. The number of likely N-dealkylation sites (N-methyl/N-ethyl adjacent to an activating group) is 1. The van der Waals surface area contributed by atoms with Crippen LogP contribution in [0.3, 0.4) is 0 Å². The van der Waals surface area contributed by atoms with E-state index in [1.54, 1.807) is 0 Å². The minimum absolute atomic E-state index is 0. The Balaban J connectivity index is 0.00000242. The van der Waals surface area contributed by atoms with Crippen molar-refractivity contribution in [3.05, 3.63) is 71.8 Å². The Morgan fingerprint density at radius 2 is 1.53 bits per heavy atom. The Labute approximate surface area is 125 Å². The molecule has 0 fully saturated rings. The van der Waals surface area contributed by atoms with E-state index in [0.717, 1.165) is 11.1 Å². The fourth-order valence-corrected chi connectivity index (χ4v) is 1.87. The van der Waals surface area contributed by atoms with Crippen molar-refractivity contribution in [1.29, 1.82) is 0 Å². The molecular weight excluding hydrogens is 258 g/mol. The van der Waals surface area contributed by atoms with Gasteiger partial charge in [-0.25, -0.2) is 0 Å². The molecule has 0 amide bonds. The quantitative estimate of drug-likeness (QED) is 0.819. The fourth-order valence-electron chi connectivity index (χ4n) is 1.87. The minimum atomic E-state index is -2.13. The Bertz CT molecular complexity index is 495. The summed E-state index contributed by atoms with van der Waals surface area (Å²) in [4.78, 5) is 0. The number of hydrogen-bond donors (Lipinski definition) is 1. The molecule has 2 aromatic rings. The fraction of sp³-hybridized carbons (Fsp3) is 0.250. The first-order valence-electron chi connectivity index (χ1n) is 7.53. The van der Waals surface area contributed by atoms with Gasteiger partial charge in [-0.1, -0.05) is 60.7 Å². The van der Waals surface area contributed by atoms with E-state index < -0.39 is 6.98 Å². The summed E-state index contributed by atoms with van der Waals surface area (Å²) in [6.07, 6.45) is -0.189. The van der Waals surface area contributed by atoms with E-state index >= 15 is 0 Å². The molecule has 102 valence electrons. The topological polar surface area (TPSA) is 21.3 Å². The van der Waals surface area contributed by atoms with Crippen molar-refractivity contribution in [2.45, 2.75) is 6.10 Å². The molecule has 0 heterocycles. The average molecular weight is 281 g/mol. The molecule has 0 saturated carbocycles. The van der Waals surface area contributed by atoms with Crippen LogP contribution in [0.5, 0.6) is 0 Å². The van der Waals surface area contributed by atoms with Crippen LogP contribution in [-0.4, -0.2) is 20.1 Å². The molecule has 0 saturated heterocycles. The van der Waals surface area contributed by atoms with Crippen molar-refractivity contribution in [2.75, 3.05) is 20.1 Å². The second-order valence-corrected chi connectivity index (χ2v) is 4.00. The molecule has 0 radical (unpaired) electrons. The van der Waals surface area contributed by atoms with Crippen molar-refractivity contribution in [3.63, 3.8) is 0 Å². The van der Waals surface area contributed by atoms with Gasteiger partial charge in [0.2, 0.25) is 0 Å². The largest absolute Gasteiger partial charge is 0.367 e. The maximum Gasteiger partial charge on any atom is 0.108 e. The van der Waals surface area contributed by atoms with Crippen molar-refractivity contribution in [2.24, 2.45) is 0 Å². The van der Waals surface area contributed by atoms with Gasteiger partial charge in [-0.3, -0.25) is 0 Å². The Morgan fingerprint density at radius 1 is 1.00 bits per heavy atom. The molecule has 2 rings (SSSR count). The molecule has 0 aliphatic rings. The molecule has 0 atom stereocenters. The van der Waals surface area contributed by atoms with Gasteiger partial charge in [-0.2, -0.15) is 0 Å². The zero-order valence-corrected chi connectivity index (χ0v) is 11.4. The first kappa shape index (κ1) is 11.5. The summed E-state index contributed by atoms with van der Waals surface area (Å²) in [5.41, 5.74) is 2.11. The highest BCUT2D eigenvalue weighted by Crippen LogP contribution is 2.25. The van der Waals surface area contributed by atoms with Gasteiger partial charge in [-0.15, -0.1) is 12.4 Å². The number of halogens is 1. The van der Waals surface area contributed by atoms with Crippen LogP contribution in [0.1, 0.15) is 21.3 Å². The lowest BCUT2D eigenvalue weighted by atomic mass is 10.0. The second-order valence-electron chi connectivity index (χ2n) is 4.00. The highest BCUT2D eigenvalue weighted by atomic mass is 35.5. The maximum atomic E-state index is 7.11. The summed E-state index contributed by atoms with van der Waals surface area (Å²) in [6.45, 7) is -1.52. The normalized spacial score (nSPS) is 13.2. The monoisotopic (exact) mass is 280 g/mol. The van der Waals surface area contributed by atoms with E-state index in [0.29, 0.717) is 6.61 Å². The Hall–Kier alpha value is -1.35. The summed E-state index contributed by atoms with van der Waals surface area (Å²) in [7, 11) is 0. The molecule has 2 nitrogen and oxygen atoms in total. The smallest absolute Gasteiger partial charge is 0.108 e. The molecule has 2 aromatic carbocycles. The third-order valence-electron chi connectivity index (χ3n) is 2.72. The van der Waals surface area contributed by atoms with Crippen molar-refractivity contribution < 1.29 is 8.85 Å². The predicted molar refractivity (Wildman–Crippen MR) is 81.9 cm³/mol. The lowest BCUT2D eigenvalue weighted by Crippen LogP contribution is -2.17.